The molecule has 1 fully saturated rings. The highest BCUT2D eigenvalue weighted by molar-refractivity contribution is 5.30. The first-order chi connectivity index (χ1) is 7.66. The highest BCUT2D eigenvalue weighted by Gasteiger charge is 2.20. The van der Waals surface area contributed by atoms with E-state index in [2.05, 4.69) is 0 Å². The van der Waals surface area contributed by atoms with Gasteiger partial charge in [-0.15, -0.1) is 0 Å². The molecule has 1 saturated carbocycles. The van der Waals surface area contributed by atoms with E-state index in [9.17, 15) is 9.50 Å². The van der Waals surface area contributed by atoms with Crippen LogP contribution >= 0.6 is 0 Å². The molecule has 0 unspecified atom stereocenters. The van der Waals surface area contributed by atoms with E-state index in [0.717, 1.165) is 12.3 Å². The van der Waals surface area contributed by atoms with Gasteiger partial charge in [0.25, 0.3) is 0 Å². The molecule has 16 heavy (non-hydrogen) atoms. The lowest BCUT2D eigenvalue weighted by atomic mass is 10.1. The monoisotopic (exact) mass is 224 g/mol. The molecule has 1 aliphatic carbocycles. The van der Waals surface area contributed by atoms with Gasteiger partial charge >= 0.3 is 0 Å². The maximum atomic E-state index is 13.5. The number of hydrogen-bond donors (Lipinski definition) is 1. The average molecular weight is 224 g/mol. The van der Waals surface area contributed by atoms with Crippen molar-refractivity contribution >= 4 is 0 Å². The topological polar surface area (TPSA) is 29.5 Å². The first-order valence-corrected chi connectivity index (χ1v) is 5.77. The minimum atomic E-state index is -0.644. The van der Waals surface area contributed by atoms with Crippen LogP contribution in [0.25, 0.3) is 0 Å². The van der Waals surface area contributed by atoms with E-state index in [1.54, 1.807) is 19.1 Å². The molecule has 1 atom stereocenters. The molecule has 0 radical (unpaired) electrons. The molecule has 0 saturated heterocycles. The van der Waals surface area contributed by atoms with Crippen molar-refractivity contribution in [1.82, 2.24) is 0 Å². The molecular formula is C13H17FO2. The van der Waals surface area contributed by atoms with Crippen molar-refractivity contribution in [3.63, 3.8) is 0 Å². The van der Waals surface area contributed by atoms with Gasteiger partial charge in [-0.3, -0.25) is 0 Å². The van der Waals surface area contributed by atoms with Crippen LogP contribution in [-0.4, -0.2) is 11.7 Å². The van der Waals surface area contributed by atoms with Gasteiger partial charge in [0, 0.05) is 0 Å². The molecule has 1 N–H and O–H groups in total. The Bertz CT molecular complexity index is 359. The number of rotatable bonds is 5. The normalized spacial score (nSPS) is 17.2. The molecule has 2 rings (SSSR count). The average Bonchev–Trinajstić information content (AvgIpc) is 3.04. The van der Waals surface area contributed by atoms with Gasteiger partial charge in [0.15, 0.2) is 11.6 Å². The Morgan fingerprint density at radius 1 is 1.50 bits per heavy atom. The van der Waals surface area contributed by atoms with E-state index in [0.29, 0.717) is 12.2 Å². The summed E-state index contributed by atoms with van der Waals surface area (Å²) in [4.78, 5) is 0. The smallest absolute Gasteiger partial charge is 0.165 e. The molecule has 0 spiro atoms. The number of aliphatic hydroxyl groups is 1. The maximum absolute atomic E-state index is 13.5. The molecule has 3 heteroatoms. The quantitative estimate of drug-likeness (QED) is 0.833. The van der Waals surface area contributed by atoms with Crippen molar-refractivity contribution in [2.24, 2.45) is 5.92 Å². The number of benzene rings is 1. The zero-order chi connectivity index (χ0) is 11.5. The minimum Gasteiger partial charge on any atom is -0.491 e. The standard InChI is InChI=1S/C13H17FO2/c1-9(15)11-4-5-13(12(14)8-11)16-7-6-10-2-3-10/h4-5,8-10,15H,2-3,6-7H2,1H3/t9-/m1/s1. The lowest BCUT2D eigenvalue weighted by Crippen LogP contribution is -2.01. The number of hydrogen-bond acceptors (Lipinski definition) is 2. The minimum absolute atomic E-state index is 0.282. The van der Waals surface area contributed by atoms with Gasteiger partial charge in [0.1, 0.15) is 0 Å². The summed E-state index contributed by atoms with van der Waals surface area (Å²) in [6, 6.07) is 4.61. The van der Waals surface area contributed by atoms with Crippen molar-refractivity contribution in [3.05, 3.63) is 29.6 Å². The van der Waals surface area contributed by atoms with Gasteiger partial charge in [0.05, 0.1) is 12.7 Å². The molecule has 0 heterocycles. The van der Waals surface area contributed by atoms with Gasteiger partial charge in [-0.2, -0.15) is 0 Å². The third-order valence-electron chi connectivity index (χ3n) is 2.92. The zero-order valence-electron chi connectivity index (χ0n) is 9.45. The van der Waals surface area contributed by atoms with Gasteiger partial charge in [-0.05, 0) is 37.0 Å². The van der Waals surface area contributed by atoms with Gasteiger partial charge in [0.2, 0.25) is 0 Å². The fourth-order valence-electron chi connectivity index (χ4n) is 1.64. The Hall–Kier alpha value is -1.09. The first kappa shape index (κ1) is 11.4. The summed E-state index contributed by atoms with van der Waals surface area (Å²) < 4.78 is 18.9. The molecule has 88 valence electrons. The molecule has 1 aromatic rings. The largest absolute Gasteiger partial charge is 0.491 e. The molecule has 0 amide bonds. The molecular weight excluding hydrogens is 207 g/mol. The molecule has 0 aromatic heterocycles. The number of ether oxygens (including phenoxy) is 1. The second-order valence-corrected chi connectivity index (χ2v) is 4.45. The van der Waals surface area contributed by atoms with E-state index < -0.39 is 11.9 Å². The second-order valence-electron chi connectivity index (χ2n) is 4.45. The van der Waals surface area contributed by atoms with Gasteiger partial charge in [-0.1, -0.05) is 18.9 Å². The SMILES string of the molecule is C[C@@H](O)c1ccc(OCCC2CC2)c(F)c1. The summed E-state index contributed by atoms with van der Waals surface area (Å²) >= 11 is 0. The fraction of sp³-hybridized carbons (Fsp3) is 0.538. The molecule has 2 nitrogen and oxygen atoms in total. The van der Waals surface area contributed by atoms with Crippen molar-refractivity contribution < 1.29 is 14.2 Å². The molecule has 1 aliphatic rings. The Balaban J connectivity index is 1.92. The van der Waals surface area contributed by atoms with E-state index in [4.69, 9.17) is 4.74 Å². The third-order valence-corrected chi connectivity index (χ3v) is 2.92. The van der Waals surface area contributed by atoms with Crippen molar-refractivity contribution in [2.45, 2.75) is 32.3 Å². The lowest BCUT2D eigenvalue weighted by molar-refractivity contribution is 0.198. The number of aliphatic hydroxyl groups excluding tert-OH is 1. The summed E-state index contributed by atoms with van der Waals surface area (Å²) in [5.41, 5.74) is 0.576. The maximum Gasteiger partial charge on any atom is 0.165 e. The van der Waals surface area contributed by atoms with Crippen LogP contribution in [0.3, 0.4) is 0 Å². The van der Waals surface area contributed by atoms with E-state index in [-0.39, 0.29) is 5.75 Å². The summed E-state index contributed by atoms with van der Waals surface area (Å²) in [7, 11) is 0. The van der Waals surface area contributed by atoms with Crippen LogP contribution in [0.4, 0.5) is 4.39 Å². The highest BCUT2D eigenvalue weighted by atomic mass is 19.1. The molecule has 1 aromatic carbocycles. The van der Waals surface area contributed by atoms with Gasteiger partial charge < -0.3 is 9.84 Å². The fourth-order valence-corrected chi connectivity index (χ4v) is 1.64. The molecule has 0 aliphatic heterocycles. The zero-order valence-corrected chi connectivity index (χ0v) is 9.45. The van der Waals surface area contributed by atoms with Crippen LogP contribution < -0.4 is 4.74 Å². The Kier molecular flexibility index (Phi) is 3.44. The van der Waals surface area contributed by atoms with E-state index >= 15 is 0 Å². The third kappa shape index (κ3) is 2.95. The van der Waals surface area contributed by atoms with Crippen molar-refractivity contribution in [2.75, 3.05) is 6.61 Å². The van der Waals surface area contributed by atoms with Crippen LogP contribution in [0.15, 0.2) is 18.2 Å². The van der Waals surface area contributed by atoms with Crippen LogP contribution in [0, 0.1) is 11.7 Å². The lowest BCUT2D eigenvalue weighted by Gasteiger charge is -2.09. The van der Waals surface area contributed by atoms with Crippen LogP contribution in [0.1, 0.15) is 37.9 Å². The summed E-state index contributed by atoms with van der Waals surface area (Å²) in [5.74, 6) is 0.680. The first-order valence-electron chi connectivity index (χ1n) is 5.77. The summed E-state index contributed by atoms with van der Waals surface area (Å²) in [5, 5.41) is 9.29. The Morgan fingerprint density at radius 3 is 2.81 bits per heavy atom. The Labute approximate surface area is 95.1 Å². The van der Waals surface area contributed by atoms with Crippen LogP contribution in [0.2, 0.25) is 0 Å². The van der Waals surface area contributed by atoms with Crippen LogP contribution in [0.5, 0.6) is 5.75 Å². The summed E-state index contributed by atoms with van der Waals surface area (Å²) in [6.07, 6.45) is 2.94. The highest BCUT2D eigenvalue weighted by Crippen LogP contribution is 2.32. The van der Waals surface area contributed by atoms with E-state index in [1.165, 1.54) is 18.9 Å². The van der Waals surface area contributed by atoms with E-state index in [1.807, 2.05) is 0 Å². The summed E-state index contributed by atoms with van der Waals surface area (Å²) in [6.45, 7) is 2.19. The van der Waals surface area contributed by atoms with Crippen molar-refractivity contribution in [3.8, 4) is 5.75 Å². The van der Waals surface area contributed by atoms with Gasteiger partial charge in [-0.25, -0.2) is 4.39 Å². The predicted molar refractivity (Wildman–Crippen MR) is 59.9 cm³/mol. The second kappa shape index (κ2) is 4.83. The Morgan fingerprint density at radius 2 is 2.25 bits per heavy atom. The number of halogens is 1. The molecule has 0 bridgehead atoms. The predicted octanol–water partition coefficient (Wildman–Crippen LogP) is 3.06. The van der Waals surface area contributed by atoms with Crippen molar-refractivity contribution in [1.29, 1.82) is 0 Å². The van der Waals surface area contributed by atoms with Crippen LogP contribution in [-0.2, 0) is 0 Å².